The molecule has 6 nitrogen and oxygen atoms in total. The van der Waals surface area contributed by atoms with Crippen LogP contribution in [0.1, 0.15) is 0 Å². The summed E-state index contributed by atoms with van der Waals surface area (Å²) in [6, 6.07) is 0. The summed E-state index contributed by atoms with van der Waals surface area (Å²) in [5.74, 6) is 0. The van der Waals surface area contributed by atoms with E-state index >= 15 is 0 Å². The van der Waals surface area contributed by atoms with Gasteiger partial charge in [-0.25, -0.2) is 0 Å². The standard InChI is InChI=1S/Mg.2HO3P/c;2*1-4(2)3/h;2*(H,1,2,3)/q+2;;/p-2. The maximum atomic E-state index is 8.48. The van der Waals surface area contributed by atoms with Gasteiger partial charge < -0.3 is 9.79 Å². The molecule has 0 aliphatic carbocycles. The Bertz CT molecular complexity index is 128. The smallest absolute Gasteiger partial charge is 0.744 e. The molecule has 0 aliphatic heterocycles. The van der Waals surface area contributed by atoms with E-state index in [0.29, 0.717) is 0 Å². The van der Waals surface area contributed by atoms with E-state index in [4.69, 9.17) is 28.0 Å². The summed E-state index contributed by atoms with van der Waals surface area (Å²) in [5, 5.41) is 0. The number of rotatable bonds is 0. The fraction of sp³-hybridized carbons (Fsp3) is 0. The molecule has 9 heteroatoms. The molecule has 0 bridgehead atoms. The van der Waals surface area contributed by atoms with E-state index in [1.807, 2.05) is 0 Å². The summed E-state index contributed by atoms with van der Waals surface area (Å²) < 4.78 is 33.9. The summed E-state index contributed by atoms with van der Waals surface area (Å²) in [7, 11) is -6.74. The van der Waals surface area contributed by atoms with E-state index in [-0.39, 0.29) is 23.1 Å². The van der Waals surface area contributed by atoms with Crippen molar-refractivity contribution in [2.45, 2.75) is 0 Å². The first-order valence-corrected chi connectivity index (χ1v) is 3.29. The van der Waals surface area contributed by atoms with Crippen molar-refractivity contribution in [3.05, 3.63) is 0 Å². The molecule has 0 aliphatic rings. The van der Waals surface area contributed by atoms with Crippen molar-refractivity contribution in [1.29, 1.82) is 0 Å². The molecule has 48 valence electrons. The van der Waals surface area contributed by atoms with Gasteiger partial charge in [0.25, 0.3) is 0 Å². The number of hydrogen-bond donors (Lipinski definition) is 0. The van der Waals surface area contributed by atoms with Crippen molar-refractivity contribution in [3.8, 4) is 0 Å². The average molecular weight is 182 g/mol. The molecule has 0 aromatic carbocycles. The van der Waals surface area contributed by atoms with Crippen molar-refractivity contribution >= 4 is 38.9 Å². The third-order valence-electron chi connectivity index (χ3n) is 0. The molecular weight excluding hydrogens is 182 g/mol. The zero-order valence-electron chi connectivity index (χ0n) is 4.05. The van der Waals surface area contributed by atoms with Gasteiger partial charge in [0, 0.05) is 0 Å². The van der Waals surface area contributed by atoms with Crippen LogP contribution in [0.25, 0.3) is 0 Å². The normalized spacial score (nSPS) is 5.56. The number of hydrogen-bond acceptors (Lipinski definition) is 6. The second kappa shape index (κ2) is 11.3. The van der Waals surface area contributed by atoms with E-state index in [0.717, 1.165) is 0 Å². The molecule has 0 fully saturated rings. The van der Waals surface area contributed by atoms with Crippen molar-refractivity contribution < 1.29 is 28.0 Å². The van der Waals surface area contributed by atoms with Crippen LogP contribution >= 0.6 is 15.8 Å². The first-order chi connectivity index (χ1) is 3.46. The molecule has 0 atom stereocenters. The fourth-order valence-corrected chi connectivity index (χ4v) is 0. The largest absolute Gasteiger partial charge is 2.00 e. The molecule has 0 aromatic heterocycles. The van der Waals surface area contributed by atoms with Crippen LogP contribution in [0.3, 0.4) is 0 Å². The molecule has 0 heterocycles. The minimum absolute atomic E-state index is 0. The Balaban J connectivity index is -0.0000000720. The Hall–Kier alpha value is 0.486. The van der Waals surface area contributed by atoms with E-state index in [9.17, 15) is 0 Å². The summed E-state index contributed by atoms with van der Waals surface area (Å²) in [6.07, 6.45) is 0. The predicted molar refractivity (Wildman–Crippen MR) is 22.3 cm³/mol. The Labute approximate surface area is 67.2 Å². The van der Waals surface area contributed by atoms with Gasteiger partial charge in [0.2, 0.25) is 15.8 Å². The Kier molecular flexibility index (Phi) is 20.4. The average Bonchev–Trinajstić information content (AvgIpc) is 1.25. The van der Waals surface area contributed by atoms with E-state index in [1.54, 1.807) is 0 Å². The Morgan fingerprint density at radius 1 is 0.778 bits per heavy atom. The summed E-state index contributed by atoms with van der Waals surface area (Å²) in [5.41, 5.74) is 0. The van der Waals surface area contributed by atoms with E-state index in [1.165, 1.54) is 0 Å². The van der Waals surface area contributed by atoms with E-state index < -0.39 is 15.8 Å². The minimum atomic E-state index is -3.37. The SMILES string of the molecule is O=P(=O)[O-].O=P(=O)[O-].[Mg+2]. The third kappa shape index (κ3) is 1510. The van der Waals surface area contributed by atoms with Gasteiger partial charge in [-0.15, -0.1) is 0 Å². The van der Waals surface area contributed by atoms with Crippen molar-refractivity contribution in [2.24, 2.45) is 0 Å². The molecule has 0 rings (SSSR count). The van der Waals surface area contributed by atoms with Crippen molar-refractivity contribution in [2.75, 3.05) is 0 Å². The predicted octanol–water partition coefficient (Wildman–Crippen LogP) is -1.51. The van der Waals surface area contributed by atoms with Gasteiger partial charge >= 0.3 is 23.1 Å². The first-order valence-electron chi connectivity index (χ1n) is 1.10. The zero-order chi connectivity index (χ0) is 7.15. The maximum Gasteiger partial charge on any atom is 2.00 e. The minimum Gasteiger partial charge on any atom is -0.744 e. The van der Waals surface area contributed by atoms with Crippen LogP contribution in [-0.2, 0) is 18.3 Å². The molecule has 0 aromatic rings. The van der Waals surface area contributed by atoms with Crippen LogP contribution in [0.2, 0.25) is 0 Å². The molecule has 0 saturated carbocycles. The van der Waals surface area contributed by atoms with Crippen LogP contribution in [0.5, 0.6) is 0 Å². The maximum absolute atomic E-state index is 8.48. The zero-order valence-corrected chi connectivity index (χ0v) is 7.25. The molecule has 0 amide bonds. The summed E-state index contributed by atoms with van der Waals surface area (Å²) in [6.45, 7) is 0. The summed E-state index contributed by atoms with van der Waals surface area (Å²) >= 11 is 0. The van der Waals surface area contributed by atoms with Crippen LogP contribution in [0.15, 0.2) is 0 Å². The molecule has 0 unspecified atom stereocenters. The second-order valence-electron chi connectivity index (χ2n) is 0.447. The van der Waals surface area contributed by atoms with Crippen LogP contribution in [0.4, 0.5) is 0 Å². The quantitative estimate of drug-likeness (QED) is 0.332. The molecule has 9 heavy (non-hydrogen) atoms. The van der Waals surface area contributed by atoms with Gasteiger partial charge in [0.15, 0.2) is 0 Å². The second-order valence-corrected chi connectivity index (χ2v) is 1.34. The van der Waals surface area contributed by atoms with E-state index in [2.05, 4.69) is 0 Å². The van der Waals surface area contributed by atoms with Gasteiger partial charge in [-0.1, -0.05) is 0 Å². The van der Waals surface area contributed by atoms with Crippen LogP contribution < -0.4 is 9.79 Å². The van der Waals surface area contributed by atoms with Gasteiger partial charge in [-0.3, -0.25) is 18.3 Å². The third-order valence-corrected chi connectivity index (χ3v) is 0. The Morgan fingerprint density at radius 3 is 0.778 bits per heavy atom. The van der Waals surface area contributed by atoms with Crippen LogP contribution in [-0.4, -0.2) is 23.1 Å². The monoisotopic (exact) mass is 182 g/mol. The van der Waals surface area contributed by atoms with Crippen molar-refractivity contribution in [1.82, 2.24) is 0 Å². The topological polar surface area (TPSA) is 114 Å². The molecule has 0 spiro atoms. The van der Waals surface area contributed by atoms with Crippen LogP contribution in [0, 0.1) is 0 Å². The summed E-state index contributed by atoms with van der Waals surface area (Å²) in [4.78, 5) is 17.0. The first kappa shape index (κ1) is 16.2. The van der Waals surface area contributed by atoms with Crippen molar-refractivity contribution in [3.63, 3.8) is 0 Å². The molecule has 0 saturated heterocycles. The fourth-order valence-electron chi connectivity index (χ4n) is 0. The molecule has 0 radical (unpaired) electrons. The van der Waals surface area contributed by atoms with Gasteiger partial charge in [0.05, 0.1) is 0 Å². The molecular formula is MgO6P2. The molecule has 0 N–H and O–H groups in total. The van der Waals surface area contributed by atoms with Gasteiger partial charge in [0.1, 0.15) is 0 Å². The Morgan fingerprint density at radius 2 is 0.778 bits per heavy atom. The van der Waals surface area contributed by atoms with Gasteiger partial charge in [-0.2, -0.15) is 0 Å². The van der Waals surface area contributed by atoms with Gasteiger partial charge in [-0.05, 0) is 0 Å².